The van der Waals surface area contributed by atoms with Crippen molar-refractivity contribution < 1.29 is 0 Å². The molecule has 0 spiro atoms. The monoisotopic (exact) mass is 277 g/mol. The van der Waals surface area contributed by atoms with Crippen molar-refractivity contribution in [2.24, 2.45) is 0 Å². The van der Waals surface area contributed by atoms with Gasteiger partial charge in [-0.05, 0) is 26.4 Å². The number of likely N-dealkylation sites (N-methyl/N-ethyl adjacent to an activating group) is 1. The molecule has 1 saturated heterocycles. The van der Waals surface area contributed by atoms with E-state index in [1.165, 1.54) is 6.42 Å². The van der Waals surface area contributed by atoms with Crippen LogP contribution in [0.3, 0.4) is 0 Å². The Kier molecular flexibility index (Phi) is 5.73. The second kappa shape index (κ2) is 7.55. The molecule has 1 fully saturated rings. The Labute approximate surface area is 122 Å². The molecule has 1 atom stereocenters. The van der Waals surface area contributed by atoms with Gasteiger partial charge in [0.1, 0.15) is 5.82 Å². The van der Waals surface area contributed by atoms with Gasteiger partial charge in [0.25, 0.3) is 0 Å². The van der Waals surface area contributed by atoms with E-state index in [0.717, 1.165) is 50.7 Å². The highest BCUT2D eigenvalue weighted by Gasteiger charge is 2.23. The van der Waals surface area contributed by atoms with Gasteiger partial charge in [0, 0.05) is 38.4 Å². The lowest BCUT2D eigenvalue weighted by Gasteiger charge is -2.39. The van der Waals surface area contributed by atoms with Crippen molar-refractivity contribution in [1.82, 2.24) is 20.2 Å². The van der Waals surface area contributed by atoms with E-state index in [-0.39, 0.29) is 0 Å². The van der Waals surface area contributed by atoms with Gasteiger partial charge in [-0.3, -0.25) is 9.88 Å². The number of nitrogens with zero attached hydrogens (tertiary/aromatic N) is 4. The highest BCUT2D eigenvalue weighted by Crippen LogP contribution is 2.17. The molecule has 5 nitrogen and oxygen atoms in total. The first-order valence-electron chi connectivity index (χ1n) is 7.71. The van der Waals surface area contributed by atoms with Crippen molar-refractivity contribution in [2.45, 2.75) is 39.3 Å². The second-order valence-corrected chi connectivity index (χ2v) is 5.53. The number of nitrogens with one attached hydrogen (secondary N) is 1. The predicted octanol–water partition coefficient (Wildman–Crippen LogP) is 1.51. The van der Waals surface area contributed by atoms with E-state index >= 15 is 0 Å². The van der Waals surface area contributed by atoms with Crippen LogP contribution < -0.4 is 10.2 Å². The molecule has 0 bridgehead atoms. The van der Waals surface area contributed by atoms with E-state index in [4.69, 9.17) is 4.98 Å². The summed E-state index contributed by atoms with van der Waals surface area (Å²) in [6.07, 6.45) is 6.07. The van der Waals surface area contributed by atoms with Gasteiger partial charge in [0.15, 0.2) is 0 Å². The van der Waals surface area contributed by atoms with Crippen molar-refractivity contribution in [3.63, 3.8) is 0 Å². The number of hydrogen-bond acceptors (Lipinski definition) is 5. The smallest absolute Gasteiger partial charge is 0.147 e. The van der Waals surface area contributed by atoms with Crippen molar-refractivity contribution in [1.29, 1.82) is 0 Å². The van der Waals surface area contributed by atoms with Gasteiger partial charge in [-0.25, -0.2) is 4.98 Å². The molecule has 2 heterocycles. The molecule has 0 aromatic carbocycles. The highest BCUT2D eigenvalue weighted by molar-refractivity contribution is 5.37. The zero-order valence-electron chi connectivity index (χ0n) is 13.0. The average Bonchev–Trinajstić information content (AvgIpc) is 2.48. The van der Waals surface area contributed by atoms with E-state index in [2.05, 4.69) is 41.0 Å². The van der Waals surface area contributed by atoms with Gasteiger partial charge in [-0.1, -0.05) is 13.8 Å². The van der Waals surface area contributed by atoms with E-state index in [1.807, 2.05) is 12.4 Å². The van der Waals surface area contributed by atoms with E-state index in [0.29, 0.717) is 6.04 Å². The number of rotatable bonds is 6. The number of anilines is 1. The Morgan fingerprint density at radius 2 is 2.15 bits per heavy atom. The minimum atomic E-state index is 0.618. The third kappa shape index (κ3) is 3.90. The molecule has 1 aliphatic heterocycles. The molecule has 20 heavy (non-hydrogen) atoms. The summed E-state index contributed by atoms with van der Waals surface area (Å²) in [6, 6.07) is 0.618. The minimum Gasteiger partial charge on any atom is -0.352 e. The van der Waals surface area contributed by atoms with Crippen molar-refractivity contribution in [3.05, 3.63) is 18.1 Å². The van der Waals surface area contributed by atoms with Gasteiger partial charge in [-0.15, -0.1) is 0 Å². The highest BCUT2D eigenvalue weighted by atomic mass is 15.3. The molecular formula is C15H27N5. The molecule has 1 unspecified atom stereocenters. The molecule has 0 aliphatic carbocycles. The number of piperazine rings is 1. The Bertz CT molecular complexity index is 409. The van der Waals surface area contributed by atoms with Crippen LogP contribution in [0.4, 0.5) is 5.82 Å². The summed E-state index contributed by atoms with van der Waals surface area (Å²) in [5.41, 5.74) is 1.03. The fraction of sp³-hybridized carbons (Fsp3) is 0.733. The molecule has 1 aromatic rings. The second-order valence-electron chi connectivity index (χ2n) is 5.53. The predicted molar refractivity (Wildman–Crippen MR) is 83.0 cm³/mol. The molecule has 0 amide bonds. The third-order valence-corrected chi connectivity index (χ3v) is 3.98. The molecule has 112 valence electrons. The zero-order valence-corrected chi connectivity index (χ0v) is 13.0. The van der Waals surface area contributed by atoms with Gasteiger partial charge >= 0.3 is 0 Å². The lowest BCUT2D eigenvalue weighted by molar-refractivity contribution is 0.213. The van der Waals surface area contributed by atoms with Crippen LogP contribution in [0.25, 0.3) is 0 Å². The summed E-state index contributed by atoms with van der Waals surface area (Å²) < 4.78 is 0. The van der Waals surface area contributed by atoms with Gasteiger partial charge < -0.3 is 10.2 Å². The van der Waals surface area contributed by atoms with Gasteiger partial charge in [0.2, 0.25) is 0 Å². The van der Waals surface area contributed by atoms with E-state index in [9.17, 15) is 0 Å². The van der Waals surface area contributed by atoms with Crippen LogP contribution in [0.2, 0.25) is 0 Å². The summed E-state index contributed by atoms with van der Waals surface area (Å²) in [4.78, 5) is 13.9. The normalized spacial score (nSPS) is 20.4. The summed E-state index contributed by atoms with van der Waals surface area (Å²) in [6.45, 7) is 9.43. The summed E-state index contributed by atoms with van der Waals surface area (Å²) >= 11 is 0. The quantitative estimate of drug-likeness (QED) is 0.799. The Morgan fingerprint density at radius 3 is 2.90 bits per heavy atom. The van der Waals surface area contributed by atoms with Crippen molar-refractivity contribution >= 4 is 5.82 Å². The van der Waals surface area contributed by atoms with Crippen molar-refractivity contribution in [3.8, 4) is 0 Å². The minimum absolute atomic E-state index is 0.618. The van der Waals surface area contributed by atoms with Crippen LogP contribution in [0.15, 0.2) is 12.4 Å². The molecular weight excluding hydrogens is 250 g/mol. The molecule has 0 saturated carbocycles. The number of aromatic nitrogens is 2. The van der Waals surface area contributed by atoms with Crippen LogP contribution >= 0.6 is 0 Å². The number of hydrogen-bond donors (Lipinski definition) is 1. The Balaban J connectivity index is 1.99. The zero-order chi connectivity index (χ0) is 14.4. The Hall–Kier alpha value is -1.20. The van der Waals surface area contributed by atoms with Crippen LogP contribution in [-0.2, 0) is 6.54 Å². The van der Waals surface area contributed by atoms with Crippen molar-refractivity contribution in [2.75, 3.05) is 38.1 Å². The Morgan fingerprint density at radius 1 is 1.30 bits per heavy atom. The molecule has 1 aliphatic rings. The average molecular weight is 277 g/mol. The first-order chi connectivity index (χ1) is 9.74. The van der Waals surface area contributed by atoms with E-state index in [1.54, 1.807) is 0 Å². The fourth-order valence-corrected chi connectivity index (χ4v) is 2.62. The van der Waals surface area contributed by atoms with Gasteiger partial charge in [-0.2, -0.15) is 0 Å². The molecule has 1 N–H and O–H groups in total. The SMILES string of the molecule is CCCNCc1cncc(N2CCN(C)C(CC)C2)n1. The fourth-order valence-electron chi connectivity index (χ4n) is 2.62. The summed E-state index contributed by atoms with van der Waals surface area (Å²) in [5, 5.41) is 3.38. The van der Waals surface area contributed by atoms with Crippen LogP contribution in [0.5, 0.6) is 0 Å². The summed E-state index contributed by atoms with van der Waals surface area (Å²) in [5.74, 6) is 1.02. The van der Waals surface area contributed by atoms with Crippen LogP contribution in [-0.4, -0.2) is 54.1 Å². The van der Waals surface area contributed by atoms with Crippen LogP contribution in [0, 0.1) is 0 Å². The molecule has 1 aromatic heterocycles. The largest absolute Gasteiger partial charge is 0.352 e. The lowest BCUT2D eigenvalue weighted by atomic mass is 10.1. The maximum atomic E-state index is 4.74. The molecule has 2 rings (SSSR count). The first-order valence-corrected chi connectivity index (χ1v) is 7.71. The topological polar surface area (TPSA) is 44.3 Å². The molecule has 0 radical (unpaired) electrons. The maximum Gasteiger partial charge on any atom is 0.147 e. The van der Waals surface area contributed by atoms with E-state index < -0.39 is 0 Å². The van der Waals surface area contributed by atoms with Crippen LogP contribution in [0.1, 0.15) is 32.4 Å². The maximum absolute atomic E-state index is 4.74. The first kappa shape index (κ1) is 15.2. The standard InChI is InChI=1S/C15H27N5/c1-4-6-16-9-13-10-17-11-15(18-13)20-8-7-19(3)14(5-2)12-20/h10-11,14,16H,4-9,12H2,1-3H3. The molecule has 5 heteroatoms. The third-order valence-electron chi connectivity index (χ3n) is 3.98. The van der Waals surface area contributed by atoms with Gasteiger partial charge in [0.05, 0.1) is 11.9 Å². The lowest BCUT2D eigenvalue weighted by Crippen LogP contribution is -2.51. The summed E-state index contributed by atoms with van der Waals surface area (Å²) in [7, 11) is 2.21.